The summed E-state index contributed by atoms with van der Waals surface area (Å²) in [6.45, 7) is 8.33. The van der Waals surface area contributed by atoms with Crippen LogP contribution in [0.1, 0.15) is 45.4 Å². The van der Waals surface area contributed by atoms with Crippen LogP contribution in [0.4, 0.5) is 0 Å². The molecule has 1 aliphatic carbocycles. The lowest BCUT2D eigenvalue weighted by Gasteiger charge is -2.31. The van der Waals surface area contributed by atoms with Crippen LogP contribution in [0.15, 0.2) is 27.7 Å². The number of aliphatic imine (C=N–C) groups is 1. The molecule has 1 aliphatic heterocycles. The maximum absolute atomic E-state index is 12.4. The summed E-state index contributed by atoms with van der Waals surface area (Å²) < 4.78 is 5.45. The van der Waals surface area contributed by atoms with E-state index in [0.29, 0.717) is 18.3 Å². The molecule has 0 aromatic carbocycles. The normalized spacial score (nSPS) is 21.9. The smallest absolute Gasteiger partial charge is 0.220 e. The first-order valence-electron chi connectivity index (χ1n) is 10.2. The van der Waals surface area contributed by atoms with E-state index in [1.807, 2.05) is 18.8 Å². The van der Waals surface area contributed by atoms with Gasteiger partial charge in [0.25, 0.3) is 0 Å². The Morgan fingerprint density at radius 3 is 2.89 bits per heavy atom. The Morgan fingerprint density at radius 2 is 2.22 bits per heavy atom. The molecule has 0 spiro atoms. The van der Waals surface area contributed by atoms with Crippen molar-refractivity contribution in [1.29, 1.82) is 0 Å². The largest absolute Gasteiger partial charge is 0.381 e. The van der Waals surface area contributed by atoms with Gasteiger partial charge < -0.3 is 15.4 Å². The van der Waals surface area contributed by atoms with Crippen molar-refractivity contribution in [3.8, 4) is 0 Å². The van der Waals surface area contributed by atoms with Crippen LogP contribution in [0.25, 0.3) is 0 Å². The summed E-state index contributed by atoms with van der Waals surface area (Å²) in [5.41, 5.74) is 1.00. The number of carbonyl (C=O) groups is 1. The van der Waals surface area contributed by atoms with Crippen LogP contribution in [0.3, 0.4) is 0 Å². The van der Waals surface area contributed by atoms with Gasteiger partial charge in [0.1, 0.15) is 0 Å². The number of nitrogens with one attached hydrogen (secondary N) is 2. The van der Waals surface area contributed by atoms with E-state index in [-0.39, 0.29) is 11.9 Å². The van der Waals surface area contributed by atoms with Gasteiger partial charge in [-0.2, -0.15) is 0 Å². The highest BCUT2D eigenvalue weighted by Gasteiger charge is 2.24. The first-order chi connectivity index (χ1) is 13.2. The average Bonchev–Trinajstić information content (AvgIpc) is 2.71. The Hall–Kier alpha value is -1.11. The van der Waals surface area contributed by atoms with Crippen molar-refractivity contribution in [2.24, 2.45) is 16.8 Å². The van der Waals surface area contributed by atoms with Gasteiger partial charge in [0.2, 0.25) is 5.91 Å². The van der Waals surface area contributed by atoms with Gasteiger partial charge in [-0.1, -0.05) is 13.0 Å². The number of rotatable bonds is 11. The minimum atomic E-state index is 0.161. The molecule has 1 heterocycles. The number of likely N-dealkylation sites (N-methyl/N-ethyl adjacent to an activating group) is 1. The van der Waals surface area contributed by atoms with Crippen LogP contribution in [0.2, 0.25) is 0 Å². The van der Waals surface area contributed by atoms with E-state index in [1.54, 1.807) is 0 Å². The Labute approximate surface area is 168 Å². The number of thioether (sulfide) groups is 1. The zero-order valence-electron chi connectivity index (χ0n) is 16.8. The first-order valence-corrected chi connectivity index (χ1v) is 11.2. The summed E-state index contributed by atoms with van der Waals surface area (Å²) in [4.78, 5) is 17.9. The molecule has 0 aromatic heterocycles. The topological polar surface area (TPSA) is 62.7 Å². The van der Waals surface area contributed by atoms with Gasteiger partial charge in [-0.3, -0.25) is 9.79 Å². The average molecular weight is 394 g/mol. The fourth-order valence-corrected chi connectivity index (χ4v) is 4.81. The Kier molecular flexibility index (Phi) is 10.2. The van der Waals surface area contributed by atoms with Crippen molar-refractivity contribution >= 4 is 24.4 Å². The van der Waals surface area contributed by atoms with Crippen molar-refractivity contribution in [1.82, 2.24) is 10.6 Å². The number of nitrogens with zero attached hydrogens (tertiary/aromatic N) is 1. The summed E-state index contributed by atoms with van der Waals surface area (Å²) in [7, 11) is 1.94. The lowest BCUT2D eigenvalue weighted by atomic mass is 9.91. The molecule has 0 bridgehead atoms. The fourth-order valence-electron chi connectivity index (χ4n) is 3.67. The van der Waals surface area contributed by atoms with Crippen LogP contribution in [0.5, 0.6) is 0 Å². The molecule has 2 N–H and O–H groups in total. The third-order valence-corrected chi connectivity index (χ3v) is 6.60. The maximum Gasteiger partial charge on any atom is 0.220 e. The van der Waals surface area contributed by atoms with E-state index in [1.165, 1.54) is 4.91 Å². The number of hydrogen-bond donors (Lipinski definition) is 2. The second-order valence-electron chi connectivity index (χ2n) is 7.33. The van der Waals surface area contributed by atoms with E-state index >= 15 is 0 Å². The van der Waals surface area contributed by atoms with Gasteiger partial charge >= 0.3 is 0 Å². The number of carbonyl (C=O) groups excluding carboxylic acids is 1. The van der Waals surface area contributed by atoms with Crippen molar-refractivity contribution in [3.05, 3.63) is 22.8 Å². The van der Waals surface area contributed by atoms with E-state index in [2.05, 4.69) is 41.4 Å². The van der Waals surface area contributed by atoms with Crippen LogP contribution >= 0.6 is 11.8 Å². The molecule has 6 heteroatoms. The third-order valence-electron chi connectivity index (χ3n) is 5.38. The SMILES string of the molecule is C=NC1=C(SCCCC(=O)NC(CNC)C2CCOCC2)CC(CC)C=C1. The van der Waals surface area contributed by atoms with Crippen molar-refractivity contribution in [3.63, 3.8) is 0 Å². The summed E-state index contributed by atoms with van der Waals surface area (Å²) in [5, 5.41) is 6.46. The van der Waals surface area contributed by atoms with Gasteiger partial charge in [0, 0.05) is 37.1 Å². The zero-order valence-corrected chi connectivity index (χ0v) is 17.7. The molecule has 2 aliphatic rings. The van der Waals surface area contributed by atoms with Crippen molar-refractivity contribution in [2.75, 3.05) is 32.6 Å². The van der Waals surface area contributed by atoms with Crippen molar-refractivity contribution in [2.45, 2.75) is 51.5 Å². The van der Waals surface area contributed by atoms with E-state index in [4.69, 9.17) is 4.74 Å². The quantitative estimate of drug-likeness (QED) is 0.416. The van der Waals surface area contributed by atoms with Gasteiger partial charge in [0.15, 0.2) is 0 Å². The second-order valence-corrected chi connectivity index (χ2v) is 8.52. The molecule has 0 radical (unpaired) electrons. The molecule has 1 fully saturated rings. The van der Waals surface area contributed by atoms with Crippen LogP contribution in [-0.4, -0.2) is 51.2 Å². The highest BCUT2D eigenvalue weighted by Crippen LogP contribution is 2.34. The molecule has 1 saturated heterocycles. The predicted molar refractivity (Wildman–Crippen MR) is 115 cm³/mol. The number of amides is 1. The summed E-state index contributed by atoms with van der Waals surface area (Å²) in [6.07, 6.45) is 10.0. The highest BCUT2D eigenvalue weighted by atomic mass is 32.2. The molecule has 5 nitrogen and oxygen atoms in total. The predicted octanol–water partition coefficient (Wildman–Crippen LogP) is 3.53. The van der Waals surface area contributed by atoms with Gasteiger partial charge in [-0.25, -0.2) is 0 Å². The molecule has 152 valence electrons. The van der Waals surface area contributed by atoms with Crippen molar-refractivity contribution < 1.29 is 9.53 Å². The Balaban J connectivity index is 1.73. The molecule has 0 saturated carbocycles. The fraction of sp³-hybridized carbons (Fsp3) is 0.714. The van der Waals surface area contributed by atoms with E-state index in [9.17, 15) is 4.79 Å². The maximum atomic E-state index is 12.4. The molecular formula is C21H35N3O2S. The molecule has 1 amide bonds. The van der Waals surface area contributed by atoms with Crippen LogP contribution in [0, 0.1) is 11.8 Å². The lowest BCUT2D eigenvalue weighted by molar-refractivity contribution is -0.122. The summed E-state index contributed by atoms with van der Waals surface area (Å²) in [6, 6.07) is 0.201. The minimum Gasteiger partial charge on any atom is -0.381 e. The first kappa shape index (κ1) is 22.2. The molecule has 2 unspecified atom stereocenters. The summed E-state index contributed by atoms with van der Waals surface area (Å²) in [5.74, 6) is 2.22. The van der Waals surface area contributed by atoms with E-state index < -0.39 is 0 Å². The molecular weight excluding hydrogens is 358 g/mol. The molecule has 0 aromatic rings. The molecule has 2 rings (SSSR count). The van der Waals surface area contributed by atoms with Crippen LogP contribution < -0.4 is 10.6 Å². The highest BCUT2D eigenvalue weighted by molar-refractivity contribution is 8.03. The lowest BCUT2D eigenvalue weighted by Crippen LogP contribution is -2.47. The number of ether oxygens (including phenoxy) is 1. The number of hydrogen-bond acceptors (Lipinski definition) is 5. The number of allylic oxidation sites excluding steroid dienone is 3. The van der Waals surface area contributed by atoms with Gasteiger partial charge in [-0.15, -0.1) is 11.8 Å². The molecule has 2 atom stereocenters. The van der Waals surface area contributed by atoms with Gasteiger partial charge in [0.05, 0.1) is 5.70 Å². The van der Waals surface area contributed by atoms with Crippen LogP contribution in [-0.2, 0) is 9.53 Å². The summed E-state index contributed by atoms with van der Waals surface area (Å²) >= 11 is 1.83. The standard InChI is InChI=1S/C21H35N3O2S/c1-4-16-7-8-18(23-3)20(14-16)27-13-5-6-21(25)24-19(15-22-2)17-9-11-26-12-10-17/h7-8,16-17,19,22H,3-6,9-15H2,1-2H3,(H,24,25). The third kappa shape index (κ3) is 7.43. The zero-order chi connectivity index (χ0) is 19.5. The minimum absolute atomic E-state index is 0.161. The second kappa shape index (κ2) is 12.4. The molecule has 27 heavy (non-hydrogen) atoms. The van der Waals surface area contributed by atoms with E-state index in [0.717, 1.165) is 63.3 Å². The van der Waals surface area contributed by atoms with Gasteiger partial charge in [-0.05, 0) is 69.5 Å². The Morgan fingerprint density at radius 1 is 1.44 bits per heavy atom. The monoisotopic (exact) mass is 393 g/mol. The Bertz CT molecular complexity index is 542.